The molecule has 0 saturated carbocycles. The Morgan fingerprint density at radius 2 is 1.77 bits per heavy atom. The quantitative estimate of drug-likeness (QED) is 0.843. The van der Waals surface area contributed by atoms with Crippen molar-refractivity contribution in [2.75, 3.05) is 30.3 Å². The van der Waals surface area contributed by atoms with Crippen molar-refractivity contribution >= 4 is 34.8 Å². The molecule has 0 bridgehead atoms. The maximum atomic E-state index is 12.5. The summed E-state index contributed by atoms with van der Waals surface area (Å²) in [5, 5.41) is 6.29. The van der Waals surface area contributed by atoms with Crippen LogP contribution in [-0.4, -0.2) is 36.3 Å². The number of carbonyl (C=O) groups is 2. The van der Waals surface area contributed by atoms with Crippen LogP contribution in [0.15, 0.2) is 54.6 Å². The fourth-order valence-electron chi connectivity index (χ4n) is 3.13. The van der Waals surface area contributed by atoms with Crippen molar-refractivity contribution in [3.8, 4) is 0 Å². The Kier molecular flexibility index (Phi) is 6.26. The first-order chi connectivity index (χ1) is 12.6. The summed E-state index contributed by atoms with van der Waals surface area (Å²) in [6.45, 7) is 1.64. The molecule has 0 radical (unpaired) electrons. The number of anilines is 2. The summed E-state index contributed by atoms with van der Waals surface area (Å²) in [4.78, 5) is 26.8. The van der Waals surface area contributed by atoms with Crippen molar-refractivity contribution < 1.29 is 9.59 Å². The van der Waals surface area contributed by atoms with Crippen LogP contribution in [0.2, 0.25) is 5.02 Å². The molecule has 1 aliphatic heterocycles. The molecule has 0 unspecified atom stereocenters. The number of amides is 2. The second kappa shape index (κ2) is 8.83. The minimum atomic E-state index is -0.123. The predicted molar refractivity (Wildman–Crippen MR) is 104 cm³/mol. The average molecular weight is 372 g/mol. The topological polar surface area (TPSA) is 61.4 Å². The number of hydrogen-bond acceptors (Lipinski definition) is 3. The molecule has 136 valence electrons. The Balaban J connectivity index is 1.52. The van der Waals surface area contributed by atoms with Crippen LogP contribution in [0.4, 0.5) is 11.4 Å². The molecule has 5 nitrogen and oxygen atoms in total. The average Bonchev–Trinajstić information content (AvgIpc) is 2.64. The van der Waals surface area contributed by atoms with E-state index in [1.165, 1.54) is 0 Å². The fraction of sp³-hybridized carbons (Fsp3) is 0.300. The Morgan fingerprint density at radius 1 is 1.04 bits per heavy atom. The maximum absolute atomic E-state index is 12.5. The highest BCUT2D eigenvalue weighted by molar-refractivity contribution is 6.33. The van der Waals surface area contributed by atoms with E-state index in [4.69, 9.17) is 11.6 Å². The third-order valence-electron chi connectivity index (χ3n) is 4.43. The molecule has 26 heavy (non-hydrogen) atoms. The van der Waals surface area contributed by atoms with E-state index in [1.54, 1.807) is 12.1 Å². The van der Waals surface area contributed by atoms with Gasteiger partial charge in [0.2, 0.25) is 11.8 Å². The van der Waals surface area contributed by atoms with Gasteiger partial charge in [0, 0.05) is 12.2 Å². The molecule has 6 heteroatoms. The number of nitrogens with zero attached hydrogens (tertiary/aromatic N) is 1. The Bertz CT molecular complexity index is 767. The third-order valence-corrected chi connectivity index (χ3v) is 4.76. The van der Waals surface area contributed by atoms with Gasteiger partial charge in [0.05, 0.1) is 23.2 Å². The van der Waals surface area contributed by atoms with Crippen LogP contribution >= 0.6 is 11.6 Å². The van der Waals surface area contributed by atoms with Crippen molar-refractivity contribution in [3.63, 3.8) is 0 Å². The van der Waals surface area contributed by atoms with E-state index in [1.807, 2.05) is 47.4 Å². The van der Waals surface area contributed by atoms with Gasteiger partial charge in [-0.15, -0.1) is 0 Å². The van der Waals surface area contributed by atoms with Gasteiger partial charge in [-0.2, -0.15) is 0 Å². The number of rotatable bonds is 5. The highest BCUT2D eigenvalue weighted by Gasteiger charge is 2.27. The molecule has 1 atom stereocenters. The van der Waals surface area contributed by atoms with Crippen molar-refractivity contribution in [1.82, 2.24) is 4.90 Å². The van der Waals surface area contributed by atoms with Crippen LogP contribution in [-0.2, 0) is 9.59 Å². The van der Waals surface area contributed by atoms with Gasteiger partial charge in [0.15, 0.2) is 0 Å². The number of para-hydroxylation sites is 2. The van der Waals surface area contributed by atoms with E-state index in [-0.39, 0.29) is 24.3 Å². The summed E-state index contributed by atoms with van der Waals surface area (Å²) in [7, 11) is 0. The van der Waals surface area contributed by atoms with Crippen LogP contribution in [0.25, 0.3) is 0 Å². The van der Waals surface area contributed by atoms with Gasteiger partial charge in [-0.1, -0.05) is 41.9 Å². The number of benzene rings is 2. The molecule has 1 fully saturated rings. The zero-order valence-corrected chi connectivity index (χ0v) is 15.2. The Morgan fingerprint density at radius 3 is 2.54 bits per heavy atom. The highest BCUT2D eigenvalue weighted by atomic mass is 35.5. The van der Waals surface area contributed by atoms with Gasteiger partial charge < -0.3 is 10.6 Å². The number of carbonyl (C=O) groups excluding carboxylic acids is 2. The molecule has 2 amide bonds. The lowest BCUT2D eigenvalue weighted by Gasteiger charge is -2.31. The van der Waals surface area contributed by atoms with E-state index >= 15 is 0 Å². The smallest absolute Gasteiger partial charge is 0.238 e. The number of halogens is 1. The highest BCUT2D eigenvalue weighted by Crippen LogP contribution is 2.21. The number of likely N-dealkylation sites (tertiary alicyclic amines) is 1. The first-order valence-electron chi connectivity index (χ1n) is 8.74. The molecule has 1 aliphatic rings. The fourth-order valence-corrected chi connectivity index (χ4v) is 3.32. The van der Waals surface area contributed by atoms with E-state index in [9.17, 15) is 9.59 Å². The number of piperidine rings is 1. The third kappa shape index (κ3) is 5.07. The standard InChI is InChI=1S/C20H22ClN3O2/c21-17-10-4-5-11-18(17)23-19(25)14-24-12-6-7-15(13-24)20(26)22-16-8-2-1-3-9-16/h1-5,8-11,15H,6-7,12-14H2,(H,22,26)(H,23,25)/t15-/m0/s1. The van der Waals surface area contributed by atoms with Gasteiger partial charge >= 0.3 is 0 Å². The predicted octanol–water partition coefficient (Wildman–Crippen LogP) is 3.63. The van der Waals surface area contributed by atoms with Gasteiger partial charge in [0.25, 0.3) is 0 Å². The largest absolute Gasteiger partial charge is 0.326 e. The van der Waals surface area contributed by atoms with E-state index < -0.39 is 0 Å². The molecule has 0 aliphatic carbocycles. The Labute approximate surface area is 158 Å². The zero-order valence-electron chi connectivity index (χ0n) is 14.5. The normalized spacial score (nSPS) is 17.5. The van der Waals surface area contributed by atoms with Crippen LogP contribution in [0, 0.1) is 5.92 Å². The molecule has 0 spiro atoms. The van der Waals surface area contributed by atoms with E-state index in [2.05, 4.69) is 10.6 Å². The van der Waals surface area contributed by atoms with Crippen LogP contribution in [0.5, 0.6) is 0 Å². The lowest BCUT2D eigenvalue weighted by molar-refractivity contribution is -0.123. The molecule has 1 heterocycles. The van der Waals surface area contributed by atoms with E-state index in [0.29, 0.717) is 17.3 Å². The first-order valence-corrected chi connectivity index (χ1v) is 9.12. The molecule has 1 saturated heterocycles. The zero-order chi connectivity index (χ0) is 18.4. The van der Waals surface area contributed by atoms with Crippen molar-refractivity contribution in [2.45, 2.75) is 12.8 Å². The summed E-state index contributed by atoms with van der Waals surface area (Å²) >= 11 is 6.07. The second-order valence-electron chi connectivity index (χ2n) is 6.46. The van der Waals surface area contributed by atoms with Crippen molar-refractivity contribution in [1.29, 1.82) is 0 Å². The lowest BCUT2D eigenvalue weighted by atomic mass is 9.97. The summed E-state index contributed by atoms with van der Waals surface area (Å²) < 4.78 is 0. The van der Waals surface area contributed by atoms with E-state index in [0.717, 1.165) is 25.1 Å². The van der Waals surface area contributed by atoms with Crippen LogP contribution < -0.4 is 10.6 Å². The summed E-state index contributed by atoms with van der Waals surface area (Å²) in [6.07, 6.45) is 1.73. The molecule has 2 aromatic carbocycles. The van der Waals surface area contributed by atoms with Crippen molar-refractivity contribution in [2.24, 2.45) is 5.92 Å². The lowest BCUT2D eigenvalue weighted by Crippen LogP contribution is -2.44. The summed E-state index contributed by atoms with van der Waals surface area (Å²) in [6, 6.07) is 16.6. The van der Waals surface area contributed by atoms with Gasteiger partial charge in [-0.3, -0.25) is 14.5 Å². The maximum Gasteiger partial charge on any atom is 0.238 e. The minimum absolute atomic E-state index is 0.00686. The molecular weight excluding hydrogens is 350 g/mol. The van der Waals surface area contributed by atoms with Gasteiger partial charge in [0.1, 0.15) is 0 Å². The van der Waals surface area contributed by atoms with Crippen LogP contribution in [0.3, 0.4) is 0 Å². The first kappa shape index (κ1) is 18.4. The SMILES string of the molecule is O=C(CN1CCC[C@H](C(=O)Nc2ccccc2)C1)Nc1ccccc1Cl. The summed E-state index contributed by atoms with van der Waals surface area (Å²) in [5.74, 6) is -0.230. The monoisotopic (exact) mass is 371 g/mol. The summed E-state index contributed by atoms with van der Waals surface area (Å²) in [5.41, 5.74) is 1.40. The molecule has 2 aromatic rings. The molecule has 2 N–H and O–H groups in total. The molecule has 3 rings (SSSR count). The van der Waals surface area contributed by atoms with Gasteiger partial charge in [-0.05, 0) is 43.7 Å². The minimum Gasteiger partial charge on any atom is -0.326 e. The van der Waals surface area contributed by atoms with Crippen molar-refractivity contribution in [3.05, 3.63) is 59.6 Å². The van der Waals surface area contributed by atoms with Crippen LogP contribution in [0.1, 0.15) is 12.8 Å². The Hall–Kier alpha value is -2.37. The molecule has 0 aromatic heterocycles. The second-order valence-corrected chi connectivity index (χ2v) is 6.86. The molecular formula is C20H22ClN3O2. The van der Waals surface area contributed by atoms with Gasteiger partial charge in [-0.25, -0.2) is 0 Å². The number of nitrogens with one attached hydrogen (secondary N) is 2. The number of hydrogen-bond donors (Lipinski definition) is 2.